The van der Waals surface area contributed by atoms with Crippen molar-refractivity contribution < 1.29 is 0 Å². The van der Waals surface area contributed by atoms with Gasteiger partial charge in [0.1, 0.15) is 5.82 Å². The van der Waals surface area contributed by atoms with E-state index in [1.54, 1.807) is 0 Å². The van der Waals surface area contributed by atoms with Crippen LogP contribution in [-0.4, -0.2) is 45.5 Å². The molecule has 2 saturated heterocycles. The molecule has 112 valence electrons. The molecule has 0 aliphatic carbocycles. The van der Waals surface area contributed by atoms with Crippen LogP contribution in [0.5, 0.6) is 0 Å². The second kappa shape index (κ2) is 5.39. The fourth-order valence-corrected chi connectivity index (χ4v) is 3.82. The Morgan fingerprint density at radius 2 is 2.00 bits per heavy atom. The molecule has 2 aliphatic heterocycles. The maximum absolute atomic E-state index is 4.78. The number of likely N-dealkylation sites (tertiary alicyclic amines) is 1. The van der Waals surface area contributed by atoms with Crippen LogP contribution >= 0.6 is 0 Å². The van der Waals surface area contributed by atoms with Crippen molar-refractivity contribution in [1.82, 2.24) is 25.2 Å². The second-order valence-electron chi connectivity index (χ2n) is 6.32. The summed E-state index contributed by atoms with van der Waals surface area (Å²) in [7, 11) is 0. The summed E-state index contributed by atoms with van der Waals surface area (Å²) in [6, 6.07) is 5.30. The lowest BCUT2D eigenvalue weighted by atomic mass is 10.0. The third-order valence-corrected chi connectivity index (χ3v) is 4.89. The van der Waals surface area contributed by atoms with Crippen LogP contribution in [0.25, 0.3) is 11.2 Å². The maximum Gasteiger partial charge on any atom is 0.178 e. The van der Waals surface area contributed by atoms with E-state index in [0.29, 0.717) is 12.1 Å². The fraction of sp³-hybridized carbons (Fsp3) is 0.625. The first-order valence-corrected chi connectivity index (χ1v) is 8.11. The monoisotopic (exact) mass is 285 g/mol. The molecule has 5 heteroatoms. The number of hydrogen-bond acceptors (Lipinski definition) is 4. The van der Waals surface area contributed by atoms with E-state index in [1.807, 2.05) is 13.0 Å². The van der Waals surface area contributed by atoms with E-state index in [9.17, 15) is 0 Å². The van der Waals surface area contributed by atoms with Crippen molar-refractivity contribution >= 4 is 11.2 Å². The zero-order valence-electron chi connectivity index (χ0n) is 12.6. The van der Waals surface area contributed by atoms with Crippen molar-refractivity contribution in [2.24, 2.45) is 0 Å². The van der Waals surface area contributed by atoms with Crippen LogP contribution in [0, 0.1) is 6.92 Å². The summed E-state index contributed by atoms with van der Waals surface area (Å²) in [6.45, 7) is 5.52. The molecule has 2 aliphatic rings. The molecule has 21 heavy (non-hydrogen) atoms. The Hall–Kier alpha value is -1.46. The van der Waals surface area contributed by atoms with Crippen molar-refractivity contribution in [2.75, 3.05) is 19.6 Å². The highest BCUT2D eigenvalue weighted by molar-refractivity contribution is 5.70. The van der Waals surface area contributed by atoms with E-state index in [-0.39, 0.29) is 0 Å². The number of imidazole rings is 1. The van der Waals surface area contributed by atoms with E-state index >= 15 is 0 Å². The van der Waals surface area contributed by atoms with Crippen molar-refractivity contribution in [3.63, 3.8) is 0 Å². The number of hydrogen-bond donors (Lipinski definition) is 2. The van der Waals surface area contributed by atoms with Crippen LogP contribution in [-0.2, 0) is 0 Å². The number of nitrogens with zero attached hydrogens (tertiary/aromatic N) is 3. The average Bonchev–Trinajstić information content (AvgIpc) is 3.13. The van der Waals surface area contributed by atoms with E-state index in [2.05, 4.69) is 26.3 Å². The van der Waals surface area contributed by atoms with Gasteiger partial charge in [-0.05, 0) is 64.4 Å². The lowest BCUT2D eigenvalue weighted by molar-refractivity contribution is 0.144. The molecule has 2 aromatic rings. The minimum Gasteiger partial charge on any atom is -0.339 e. The predicted octanol–water partition coefficient (Wildman–Crippen LogP) is 2.16. The number of aromatic nitrogens is 3. The number of piperidine rings is 1. The molecule has 0 amide bonds. The molecular formula is C16H23N5. The Kier molecular flexibility index (Phi) is 3.39. The van der Waals surface area contributed by atoms with Gasteiger partial charge in [-0.1, -0.05) is 0 Å². The van der Waals surface area contributed by atoms with Gasteiger partial charge in [-0.2, -0.15) is 0 Å². The van der Waals surface area contributed by atoms with E-state index in [1.165, 1.54) is 32.2 Å². The summed E-state index contributed by atoms with van der Waals surface area (Å²) in [4.78, 5) is 15.5. The lowest BCUT2D eigenvalue weighted by Gasteiger charge is -2.35. The molecule has 5 nitrogen and oxygen atoms in total. The van der Waals surface area contributed by atoms with Crippen molar-refractivity contribution in [3.05, 3.63) is 23.7 Å². The zero-order chi connectivity index (χ0) is 14.2. The Bertz CT molecular complexity index is 629. The molecule has 2 N–H and O–H groups in total. The summed E-state index contributed by atoms with van der Waals surface area (Å²) in [6.07, 6.45) is 5.00. The van der Waals surface area contributed by atoms with Crippen LogP contribution in [0.1, 0.15) is 43.2 Å². The summed E-state index contributed by atoms with van der Waals surface area (Å²) in [5.41, 5.74) is 2.96. The van der Waals surface area contributed by atoms with Gasteiger partial charge in [0, 0.05) is 11.7 Å². The van der Waals surface area contributed by atoms with Crippen LogP contribution in [0.4, 0.5) is 0 Å². The number of nitrogens with one attached hydrogen (secondary N) is 2. The Labute approximate surface area is 125 Å². The lowest BCUT2D eigenvalue weighted by Crippen LogP contribution is -2.42. The molecule has 2 fully saturated rings. The largest absolute Gasteiger partial charge is 0.339 e. The van der Waals surface area contributed by atoms with Crippen LogP contribution in [0.2, 0.25) is 0 Å². The molecule has 1 unspecified atom stereocenters. The quantitative estimate of drug-likeness (QED) is 0.888. The smallest absolute Gasteiger partial charge is 0.178 e. The molecule has 0 saturated carbocycles. The molecule has 4 heterocycles. The summed E-state index contributed by atoms with van der Waals surface area (Å²) in [5, 5.41) is 3.46. The molecule has 4 rings (SSSR count). The predicted molar refractivity (Wildman–Crippen MR) is 83.2 cm³/mol. The van der Waals surface area contributed by atoms with E-state index in [0.717, 1.165) is 35.8 Å². The average molecular weight is 285 g/mol. The molecule has 2 aromatic heterocycles. The van der Waals surface area contributed by atoms with E-state index < -0.39 is 0 Å². The maximum atomic E-state index is 4.78. The number of pyridine rings is 1. The third-order valence-electron chi connectivity index (χ3n) is 4.89. The van der Waals surface area contributed by atoms with Gasteiger partial charge in [0.05, 0.1) is 11.6 Å². The fourth-order valence-electron chi connectivity index (χ4n) is 3.82. The molecule has 0 spiro atoms. The van der Waals surface area contributed by atoms with Crippen molar-refractivity contribution in [3.8, 4) is 0 Å². The first kappa shape index (κ1) is 13.2. The first-order chi connectivity index (χ1) is 10.3. The van der Waals surface area contributed by atoms with Gasteiger partial charge in [0.25, 0.3) is 0 Å². The van der Waals surface area contributed by atoms with Gasteiger partial charge >= 0.3 is 0 Å². The Morgan fingerprint density at radius 3 is 2.86 bits per heavy atom. The van der Waals surface area contributed by atoms with Gasteiger partial charge in [0.2, 0.25) is 0 Å². The minimum atomic E-state index is 0.447. The zero-order valence-corrected chi connectivity index (χ0v) is 12.6. The molecule has 1 atom stereocenters. The minimum absolute atomic E-state index is 0.447. The summed E-state index contributed by atoms with van der Waals surface area (Å²) >= 11 is 0. The normalized spacial score (nSPS) is 24.9. The van der Waals surface area contributed by atoms with Crippen LogP contribution in [0.3, 0.4) is 0 Å². The van der Waals surface area contributed by atoms with E-state index in [4.69, 9.17) is 4.98 Å². The Balaban J connectivity index is 1.63. The van der Waals surface area contributed by atoms with Gasteiger partial charge < -0.3 is 10.3 Å². The van der Waals surface area contributed by atoms with Gasteiger partial charge in [-0.25, -0.2) is 9.97 Å². The number of aryl methyl sites for hydroxylation is 1. The van der Waals surface area contributed by atoms with Crippen molar-refractivity contribution in [2.45, 2.75) is 44.7 Å². The number of aromatic amines is 1. The number of H-pyrrole nitrogens is 1. The molecule has 0 bridgehead atoms. The highest BCUT2D eigenvalue weighted by atomic mass is 15.2. The topological polar surface area (TPSA) is 56.8 Å². The summed E-state index contributed by atoms with van der Waals surface area (Å²) in [5.74, 6) is 1.11. The number of rotatable bonds is 2. The molecular weight excluding hydrogens is 262 g/mol. The third kappa shape index (κ3) is 2.45. The molecule has 0 aromatic carbocycles. The Morgan fingerprint density at radius 1 is 1.14 bits per heavy atom. The van der Waals surface area contributed by atoms with Crippen molar-refractivity contribution in [1.29, 1.82) is 0 Å². The number of fused-ring (bicyclic) bond motifs is 1. The van der Waals surface area contributed by atoms with Gasteiger partial charge in [-0.15, -0.1) is 0 Å². The highest BCUT2D eigenvalue weighted by Gasteiger charge is 2.34. The first-order valence-electron chi connectivity index (χ1n) is 8.11. The van der Waals surface area contributed by atoms with Crippen LogP contribution < -0.4 is 5.32 Å². The van der Waals surface area contributed by atoms with Gasteiger partial charge in [0.15, 0.2) is 5.65 Å². The highest BCUT2D eigenvalue weighted by Crippen LogP contribution is 2.34. The standard InChI is InChI=1S/C16H23N5/c1-11-4-5-13-15(18-11)20-16(19-13)14-3-2-10-21(14)12-6-8-17-9-7-12/h4-5,12,14,17H,2-3,6-10H2,1H3,(H,18,19,20). The SMILES string of the molecule is Cc1ccc2[nH]c(C3CCCN3C3CCNCC3)nc2n1. The summed E-state index contributed by atoms with van der Waals surface area (Å²) < 4.78 is 0. The van der Waals surface area contributed by atoms with Crippen LogP contribution in [0.15, 0.2) is 12.1 Å². The second-order valence-corrected chi connectivity index (χ2v) is 6.32. The molecule has 0 radical (unpaired) electrons. The van der Waals surface area contributed by atoms with Gasteiger partial charge in [-0.3, -0.25) is 4.90 Å².